The largest absolute Gasteiger partial charge is 0.381 e. The Labute approximate surface area is 137 Å². The lowest BCUT2D eigenvalue weighted by Crippen LogP contribution is -2.30. The Morgan fingerprint density at radius 3 is 2.05 bits per heavy atom. The fourth-order valence-corrected chi connectivity index (χ4v) is 1.92. The number of nitrogens with one attached hydrogen (secondary N) is 1. The molecule has 0 spiro atoms. The van der Waals surface area contributed by atoms with Crippen LogP contribution in [0.25, 0.3) is 0 Å². The Morgan fingerprint density at radius 1 is 1.00 bits per heavy atom. The lowest BCUT2D eigenvalue weighted by molar-refractivity contribution is -0.124. The average molecular weight is 315 g/mol. The lowest BCUT2D eigenvalue weighted by atomic mass is 9.96. The molecule has 0 rings (SSSR count). The van der Waals surface area contributed by atoms with Gasteiger partial charge in [0.15, 0.2) is 0 Å². The molecule has 0 aromatic carbocycles. The molecule has 0 saturated heterocycles. The monoisotopic (exact) mass is 315 g/mol. The van der Waals surface area contributed by atoms with Crippen LogP contribution in [0.1, 0.15) is 60.8 Å². The van der Waals surface area contributed by atoms with Gasteiger partial charge in [-0.1, -0.05) is 41.5 Å². The second kappa shape index (κ2) is 11.9. The molecule has 0 atom stereocenters. The summed E-state index contributed by atoms with van der Waals surface area (Å²) in [4.78, 5) is 11.4. The third-order valence-electron chi connectivity index (χ3n) is 3.34. The molecular weight excluding hydrogens is 278 g/mol. The van der Waals surface area contributed by atoms with Gasteiger partial charge in [-0.25, -0.2) is 0 Å². The molecule has 1 amide bonds. The maximum absolute atomic E-state index is 11.4. The van der Waals surface area contributed by atoms with Crippen LogP contribution >= 0.6 is 0 Å². The quantitative estimate of drug-likeness (QED) is 0.528. The van der Waals surface area contributed by atoms with Crippen LogP contribution in [0.5, 0.6) is 0 Å². The highest BCUT2D eigenvalue weighted by atomic mass is 16.5. The van der Waals surface area contributed by atoms with Gasteiger partial charge in [-0.05, 0) is 25.2 Å². The minimum Gasteiger partial charge on any atom is -0.381 e. The zero-order chi connectivity index (χ0) is 17.0. The molecule has 0 aliphatic carbocycles. The third-order valence-corrected chi connectivity index (χ3v) is 3.34. The minimum atomic E-state index is 0.0407. The van der Waals surface area contributed by atoms with E-state index in [-0.39, 0.29) is 17.2 Å². The van der Waals surface area contributed by atoms with Crippen molar-refractivity contribution in [2.75, 3.05) is 33.0 Å². The summed E-state index contributed by atoms with van der Waals surface area (Å²) in [5.74, 6) is 0.902. The summed E-state index contributed by atoms with van der Waals surface area (Å²) in [6.45, 7) is 16.2. The molecule has 0 saturated carbocycles. The van der Waals surface area contributed by atoms with Gasteiger partial charge in [-0.3, -0.25) is 4.79 Å². The van der Waals surface area contributed by atoms with Crippen LogP contribution in [0, 0.1) is 17.3 Å². The highest BCUT2D eigenvalue weighted by molar-refractivity contribution is 5.77. The molecule has 1 N–H and O–H groups in total. The standard InChI is InChI=1S/C18H37NO3/c1-15(2)9-7-11-21-13-18(5,6)14-22-12-8-10-19-17(20)16(3)4/h15-16H,7-14H2,1-6H3,(H,19,20). The summed E-state index contributed by atoms with van der Waals surface area (Å²) in [7, 11) is 0. The summed E-state index contributed by atoms with van der Waals surface area (Å²) in [5.41, 5.74) is 0.0407. The number of hydrogen-bond donors (Lipinski definition) is 1. The highest BCUT2D eigenvalue weighted by Gasteiger charge is 2.18. The lowest BCUT2D eigenvalue weighted by Gasteiger charge is -2.24. The molecule has 0 fully saturated rings. The van der Waals surface area contributed by atoms with Crippen molar-refractivity contribution in [3.05, 3.63) is 0 Å². The topological polar surface area (TPSA) is 47.6 Å². The SMILES string of the molecule is CC(C)CCCOCC(C)(C)COCCCNC(=O)C(C)C. The molecule has 0 aromatic rings. The second-order valence-corrected chi connectivity index (χ2v) is 7.60. The number of ether oxygens (including phenoxy) is 2. The zero-order valence-corrected chi connectivity index (χ0v) is 15.5. The van der Waals surface area contributed by atoms with Crippen molar-refractivity contribution in [2.45, 2.75) is 60.8 Å². The molecule has 4 nitrogen and oxygen atoms in total. The van der Waals surface area contributed by atoms with E-state index in [9.17, 15) is 4.79 Å². The molecule has 0 unspecified atom stereocenters. The summed E-state index contributed by atoms with van der Waals surface area (Å²) < 4.78 is 11.5. The van der Waals surface area contributed by atoms with E-state index in [1.807, 2.05) is 13.8 Å². The molecule has 132 valence electrons. The van der Waals surface area contributed by atoms with Crippen molar-refractivity contribution >= 4 is 5.91 Å². The Balaban J connectivity index is 3.53. The molecule has 22 heavy (non-hydrogen) atoms. The normalized spacial score (nSPS) is 12.2. The molecular formula is C18H37NO3. The van der Waals surface area contributed by atoms with Gasteiger partial charge in [0, 0.05) is 31.1 Å². The predicted octanol–water partition coefficient (Wildman–Crippen LogP) is 3.64. The fraction of sp³-hybridized carbons (Fsp3) is 0.944. The first-order valence-electron chi connectivity index (χ1n) is 8.68. The van der Waals surface area contributed by atoms with Gasteiger partial charge in [0.25, 0.3) is 0 Å². The van der Waals surface area contributed by atoms with Crippen LogP contribution in [-0.4, -0.2) is 38.9 Å². The van der Waals surface area contributed by atoms with Crippen molar-refractivity contribution in [1.82, 2.24) is 5.32 Å². The molecule has 0 aromatic heterocycles. The smallest absolute Gasteiger partial charge is 0.222 e. The fourth-order valence-electron chi connectivity index (χ4n) is 1.92. The summed E-state index contributed by atoms with van der Waals surface area (Å²) in [5, 5.41) is 2.89. The highest BCUT2D eigenvalue weighted by Crippen LogP contribution is 2.16. The van der Waals surface area contributed by atoms with E-state index in [0.29, 0.717) is 19.8 Å². The molecule has 0 aliphatic rings. The van der Waals surface area contributed by atoms with Crippen LogP contribution < -0.4 is 5.32 Å². The van der Waals surface area contributed by atoms with Crippen molar-refractivity contribution in [2.24, 2.45) is 17.3 Å². The average Bonchev–Trinajstić information content (AvgIpc) is 2.41. The van der Waals surface area contributed by atoms with Crippen LogP contribution in [0.2, 0.25) is 0 Å². The first-order valence-corrected chi connectivity index (χ1v) is 8.68. The molecule has 0 aliphatic heterocycles. The van der Waals surface area contributed by atoms with Gasteiger partial charge >= 0.3 is 0 Å². The summed E-state index contributed by atoms with van der Waals surface area (Å²) in [6.07, 6.45) is 3.20. The van der Waals surface area contributed by atoms with E-state index < -0.39 is 0 Å². The maximum Gasteiger partial charge on any atom is 0.222 e. The van der Waals surface area contributed by atoms with Crippen molar-refractivity contribution < 1.29 is 14.3 Å². The molecule has 0 bridgehead atoms. The third kappa shape index (κ3) is 13.1. The Kier molecular flexibility index (Phi) is 11.6. The molecule has 0 heterocycles. The van der Waals surface area contributed by atoms with E-state index in [1.54, 1.807) is 0 Å². The van der Waals surface area contributed by atoms with Crippen LogP contribution in [0.4, 0.5) is 0 Å². The van der Waals surface area contributed by atoms with Crippen molar-refractivity contribution in [1.29, 1.82) is 0 Å². The molecule has 0 radical (unpaired) electrons. The van der Waals surface area contributed by atoms with Gasteiger partial charge in [0.05, 0.1) is 13.2 Å². The second-order valence-electron chi connectivity index (χ2n) is 7.60. The van der Waals surface area contributed by atoms with Gasteiger partial charge < -0.3 is 14.8 Å². The first kappa shape index (κ1) is 21.4. The van der Waals surface area contributed by atoms with E-state index in [2.05, 4.69) is 33.0 Å². The van der Waals surface area contributed by atoms with Crippen LogP contribution in [0.15, 0.2) is 0 Å². The zero-order valence-electron chi connectivity index (χ0n) is 15.5. The Hall–Kier alpha value is -0.610. The van der Waals surface area contributed by atoms with Crippen LogP contribution in [0.3, 0.4) is 0 Å². The number of carbonyl (C=O) groups excluding carboxylic acids is 1. The van der Waals surface area contributed by atoms with E-state index in [0.717, 1.165) is 32.0 Å². The number of hydrogen-bond acceptors (Lipinski definition) is 3. The van der Waals surface area contributed by atoms with Gasteiger partial charge in [0.1, 0.15) is 0 Å². The van der Waals surface area contributed by atoms with Crippen molar-refractivity contribution in [3.8, 4) is 0 Å². The van der Waals surface area contributed by atoms with E-state index in [1.165, 1.54) is 6.42 Å². The minimum absolute atomic E-state index is 0.0407. The number of amides is 1. The van der Waals surface area contributed by atoms with Gasteiger partial charge in [-0.2, -0.15) is 0 Å². The number of carbonyl (C=O) groups is 1. The maximum atomic E-state index is 11.4. The Morgan fingerprint density at radius 2 is 1.55 bits per heavy atom. The Bertz CT molecular complexity index is 288. The van der Waals surface area contributed by atoms with E-state index >= 15 is 0 Å². The van der Waals surface area contributed by atoms with Gasteiger partial charge in [-0.15, -0.1) is 0 Å². The van der Waals surface area contributed by atoms with Crippen LogP contribution in [-0.2, 0) is 14.3 Å². The predicted molar refractivity (Wildman–Crippen MR) is 92.0 cm³/mol. The summed E-state index contributed by atoms with van der Waals surface area (Å²) >= 11 is 0. The summed E-state index contributed by atoms with van der Waals surface area (Å²) in [6, 6.07) is 0. The van der Waals surface area contributed by atoms with E-state index in [4.69, 9.17) is 9.47 Å². The van der Waals surface area contributed by atoms with Crippen molar-refractivity contribution in [3.63, 3.8) is 0 Å². The molecule has 4 heteroatoms. The first-order chi connectivity index (χ1) is 10.2. The number of rotatable bonds is 13. The van der Waals surface area contributed by atoms with Gasteiger partial charge in [0.2, 0.25) is 5.91 Å².